The van der Waals surface area contributed by atoms with Crippen LogP contribution in [0.5, 0.6) is 0 Å². The van der Waals surface area contributed by atoms with Crippen molar-refractivity contribution in [3.8, 4) is 0 Å². The van der Waals surface area contributed by atoms with Gasteiger partial charge in [0, 0.05) is 17.1 Å². The Balaban J connectivity index is 2.63. The van der Waals surface area contributed by atoms with Crippen LogP contribution >= 0.6 is 0 Å². The molecule has 16 heavy (non-hydrogen) atoms. The zero-order chi connectivity index (χ0) is 11.8. The lowest BCUT2D eigenvalue weighted by atomic mass is 10.1. The van der Waals surface area contributed by atoms with Crippen LogP contribution in [0.2, 0.25) is 0 Å². The molecular formula is C12H16N4. The lowest BCUT2D eigenvalue weighted by Crippen LogP contribution is -1.92. The molecule has 0 saturated carbocycles. The molecular weight excluding hydrogens is 200 g/mol. The summed E-state index contributed by atoms with van der Waals surface area (Å²) in [7, 11) is 0. The second-order valence-electron chi connectivity index (χ2n) is 3.46. The van der Waals surface area contributed by atoms with Crippen LogP contribution in [-0.2, 0) is 6.42 Å². The zero-order valence-electron chi connectivity index (χ0n) is 9.43. The molecule has 4 nitrogen and oxygen atoms in total. The Morgan fingerprint density at radius 1 is 1.50 bits per heavy atom. The number of hydrogen-bond acceptors (Lipinski definition) is 2. The first kappa shape index (κ1) is 12.1. The molecule has 0 unspecified atom stereocenters. The maximum Gasteiger partial charge on any atom is 0.0346 e. The Kier molecular flexibility index (Phi) is 4.96. The summed E-state index contributed by atoms with van der Waals surface area (Å²) in [6.45, 7) is 2.59. The van der Waals surface area contributed by atoms with Gasteiger partial charge in [0.2, 0.25) is 0 Å². The second kappa shape index (κ2) is 6.53. The zero-order valence-corrected chi connectivity index (χ0v) is 9.43. The molecule has 0 spiro atoms. The number of benzene rings is 1. The summed E-state index contributed by atoms with van der Waals surface area (Å²) in [4.78, 5) is 2.69. The number of nitrogens with two attached hydrogens (primary N) is 1. The van der Waals surface area contributed by atoms with Gasteiger partial charge in [-0.15, -0.1) is 0 Å². The van der Waals surface area contributed by atoms with Crippen LogP contribution in [-0.4, -0.2) is 6.54 Å². The van der Waals surface area contributed by atoms with Crippen LogP contribution in [0, 0.1) is 0 Å². The molecule has 0 aliphatic carbocycles. The average Bonchev–Trinajstić information content (AvgIpc) is 2.31. The minimum atomic E-state index is 0.503. The molecule has 1 aromatic carbocycles. The van der Waals surface area contributed by atoms with E-state index in [2.05, 4.69) is 23.0 Å². The molecule has 0 fully saturated rings. The molecule has 0 radical (unpaired) electrons. The van der Waals surface area contributed by atoms with Crippen molar-refractivity contribution in [3.63, 3.8) is 0 Å². The predicted octanol–water partition coefficient (Wildman–Crippen LogP) is 3.54. The number of rotatable bonds is 5. The molecule has 0 atom stereocenters. The third-order valence-corrected chi connectivity index (χ3v) is 2.32. The van der Waals surface area contributed by atoms with Crippen molar-refractivity contribution in [3.05, 3.63) is 45.8 Å². The largest absolute Gasteiger partial charge is 0.399 e. The first-order valence-corrected chi connectivity index (χ1v) is 5.33. The molecule has 0 aromatic heterocycles. The predicted molar refractivity (Wildman–Crippen MR) is 67.9 cm³/mol. The molecule has 0 aliphatic heterocycles. The minimum absolute atomic E-state index is 0.503. The van der Waals surface area contributed by atoms with Gasteiger partial charge in [-0.25, -0.2) is 0 Å². The van der Waals surface area contributed by atoms with Gasteiger partial charge in [-0.1, -0.05) is 30.3 Å². The van der Waals surface area contributed by atoms with E-state index in [1.54, 1.807) is 0 Å². The van der Waals surface area contributed by atoms with Crippen molar-refractivity contribution in [1.82, 2.24) is 0 Å². The van der Waals surface area contributed by atoms with E-state index in [1.807, 2.05) is 24.3 Å². The highest BCUT2D eigenvalue weighted by Gasteiger charge is 1.96. The van der Waals surface area contributed by atoms with E-state index in [-0.39, 0.29) is 0 Å². The van der Waals surface area contributed by atoms with E-state index in [1.165, 1.54) is 0 Å². The van der Waals surface area contributed by atoms with Crippen LogP contribution in [0.4, 0.5) is 5.69 Å². The van der Waals surface area contributed by atoms with Gasteiger partial charge in [-0.3, -0.25) is 0 Å². The lowest BCUT2D eigenvalue weighted by molar-refractivity contribution is 0.995. The van der Waals surface area contributed by atoms with Gasteiger partial charge in [0.1, 0.15) is 0 Å². The fourth-order valence-electron chi connectivity index (χ4n) is 1.43. The molecule has 84 valence electrons. The molecule has 0 amide bonds. The van der Waals surface area contributed by atoms with E-state index in [4.69, 9.17) is 11.3 Å². The van der Waals surface area contributed by atoms with Crippen LogP contribution in [0.25, 0.3) is 16.5 Å². The highest BCUT2D eigenvalue weighted by atomic mass is 15.1. The fraction of sp³-hybridized carbons (Fsp3) is 0.333. The van der Waals surface area contributed by atoms with Crippen molar-refractivity contribution in [2.75, 3.05) is 12.3 Å². The normalized spacial score (nSPS) is 10.3. The summed E-state index contributed by atoms with van der Waals surface area (Å²) < 4.78 is 0. The SMILES string of the molecule is CCc1cc(C=CCCN=[N+]=[N-])ccc1N. The highest BCUT2D eigenvalue weighted by Crippen LogP contribution is 2.15. The van der Waals surface area contributed by atoms with Crippen LogP contribution in [0.1, 0.15) is 24.5 Å². The molecule has 0 heterocycles. The summed E-state index contributed by atoms with van der Waals surface area (Å²) >= 11 is 0. The van der Waals surface area contributed by atoms with Crippen LogP contribution in [0.15, 0.2) is 29.4 Å². The van der Waals surface area contributed by atoms with Gasteiger partial charge in [0.25, 0.3) is 0 Å². The van der Waals surface area contributed by atoms with E-state index in [0.717, 1.165) is 29.7 Å². The van der Waals surface area contributed by atoms with Crippen LogP contribution in [0.3, 0.4) is 0 Å². The molecule has 1 aromatic rings. The van der Waals surface area contributed by atoms with Gasteiger partial charge in [-0.2, -0.15) is 0 Å². The average molecular weight is 216 g/mol. The standard InChI is InChI=1S/C12H16N4/c1-2-11-9-10(6-7-12(11)13)5-3-4-8-15-16-14/h3,5-7,9H,2,4,8,13H2,1H3. The van der Waals surface area contributed by atoms with Gasteiger partial charge in [0.15, 0.2) is 0 Å². The smallest absolute Gasteiger partial charge is 0.0346 e. The number of anilines is 1. The van der Waals surface area contributed by atoms with Crippen molar-refractivity contribution in [2.24, 2.45) is 5.11 Å². The summed E-state index contributed by atoms with van der Waals surface area (Å²) in [5, 5.41) is 3.46. The Labute approximate surface area is 95.4 Å². The minimum Gasteiger partial charge on any atom is -0.399 e. The Hall–Kier alpha value is -1.93. The van der Waals surface area contributed by atoms with E-state index < -0.39 is 0 Å². The molecule has 0 aliphatic rings. The number of nitrogen functional groups attached to an aromatic ring is 1. The van der Waals surface area contributed by atoms with Gasteiger partial charge < -0.3 is 5.73 Å². The summed E-state index contributed by atoms with van der Waals surface area (Å²) in [5.74, 6) is 0. The molecule has 4 heteroatoms. The molecule has 0 bridgehead atoms. The first-order chi connectivity index (χ1) is 7.77. The number of nitrogens with zero attached hydrogens (tertiary/aromatic N) is 3. The lowest BCUT2D eigenvalue weighted by Gasteiger charge is -2.03. The van der Waals surface area contributed by atoms with Crippen molar-refractivity contribution in [1.29, 1.82) is 0 Å². The topological polar surface area (TPSA) is 74.8 Å². The van der Waals surface area contributed by atoms with E-state index in [0.29, 0.717) is 6.54 Å². The van der Waals surface area contributed by atoms with Crippen molar-refractivity contribution in [2.45, 2.75) is 19.8 Å². The van der Waals surface area contributed by atoms with Crippen LogP contribution < -0.4 is 5.73 Å². The Morgan fingerprint density at radius 2 is 2.31 bits per heavy atom. The van der Waals surface area contributed by atoms with Crippen molar-refractivity contribution >= 4 is 11.8 Å². The third kappa shape index (κ3) is 3.67. The second-order valence-corrected chi connectivity index (χ2v) is 3.46. The maximum absolute atomic E-state index is 8.10. The maximum atomic E-state index is 8.10. The molecule has 2 N–H and O–H groups in total. The van der Waals surface area contributed by atoms with E-state index in [9.17, 15) is 0 Å². The fourth-order valence-corrected chi connectivity index (χ4v) is 1.43. The third-order valence-electron chi connectivity index (χ3n) is 2.32. The molecule has 1 rings (SSSR count). The van der Waals surface area contributed by atoms with Gasteiger partial charge in [-0.05, 0) is 41.6 Å². The van der Waals surface area contributed by atoms with Crippen molar-refractivity contribution < 1.29 is 0 Å². The molecule has 0 saturated heterocycles. The Morgan fingerprint density at radius 3 is 3.00 bits per heavy atom. The number of aryl methyl sites for hydroxylation is 1. The van der Waals surface area contributed by atoms with E-state index >= 15 is 0 Å². The highest BCUT2D eigenvalue weighted by molar-refractivity contribution is 5.57. The van der Waals surface area contributed by atoms with Gasteiger partial charge >= 0.3 is 0 Å². The summed E-state index contributed by atoms with van der Waals surface area (Å²) in [6, 6.07) is 5.99. The Bertz CT molecular complexity index is 417. The first-order valence-electron chi connectivity index (χ1n) is 5.33. The number of hydrogen-bond donors (Lipinski definition) is 1. The monoisotopic (exact) mass is 216 g/mol. The quantitative estimate of drug-likeness (QED) is 0.264. The summed E-state index contributed by atoms with van der Waals surface area (Å²) in [6.07, 6.45) is 5.72. The van der Waals surface area contributed by atoms with Gasteiger partial charge in [0.05, 0.1) is 0 Å². The number of azide groups is 1. The summed E-state index contributed by atoms with van der Waals surface area (Å²) in [5.41, 5.74) is 17.1.